The van der Waals surface area contributed by atoms with Gasteiger partial charge in [0.25, 0.3) is 0 Å². The number of pyridine rings is 1. The van der Waals surface area contributed by atoms with E-state index in [9.17, 15) is 9.59 Å². The molecular formula is C27H33N5O3S. The van der Waals surface area contributed by atoms with Gasteiger partial charge in [0.05, 0.1) is 12.1 Å². The van der Waals surface area contributed by atoms with Gasteiger partial charge in [0, 0.05) is 31.5 Å². The van der Waals surface area contributed by atoms with Gasteiger partial charge < -0.3 is 20.3 Å². The maximum absolute atomic E-state index is 14.0. The van der Waals surface area contributed by atoms with Gasteiger partial charge in [0.15, 0.2) is 0 Å². The third-order valence-electron chi connectivity index (χ3n) is 7.35. The van der Waals surface area contributed by atoms with Gasteiger partial charge in [0.1, 0.15) is 21.4 Å². The molecule has 190 valence electrons. The number of likely N-dealkylation sites (N-methyl/N-ethyl adjacent to an activating group) is 1. The second kappa shape index (κ2) is 11.0. The molecule has 0 saturated carbocycles. The number of fused-ring (bicyclic) bond motifs is 1. The van der Waals surface area contributed by atoms with Crippen LogP contribution < -0.4 is 10.6 Å². The molecule has 2 N–H and O–H groups in total. The molecule has 2 aliphatic rings. The first-order valence-corrected chi connectivity index (χ1v) is 13.5. The van der Waals surface area contributed by atoms with Crippen LogP contribution in [0.5, 0.6) is 0 Å². The van der Waals surface area contributed by atoms with E-state index >= 15 is 0 Å². The monoisotopic (exact) mass is 507 g/mol. The number of rotatable bonds is 7. The highest BCUT2D eigenvalue weighted by Gasteiger charge is 2.40. The number of aromatic nitrogens is 2. The third kappa shape index (κ3) is 5.00. The predicted molar refractivity (Wildman–Crippen MR) is 141 cm³/mol. The van der Waals surface area contributed by atoms with Crippen molar-refractivity contribution in [3.8, 4) is 11.1 Å². The Hall–Kier alpha value is -2.88. The van der Waals surface area contributed by atoms with E-state index in [1.165, 1.54) is 0 Å². The van der Waals surface area contributed by atoms with Gasteiger partial charge in [-0.15, -0.1) is 0 Å². The molecule has 4 heterocycles. The Kier molecular flexibility index (Phi) is 7.59. The Bertz CT molecular complexity index is 1210. The molecule has 2 amide bonds. The molecule has 3 aromatic rings. The van der Waals surface area contributed by atoms with Gasteiger partial charge in [-0.2, -0.15) is 0 Å². The lowest BCUT2D eigenvalue weighted by Crippen LogP contribution is -2.56. The summed E-state index contributed by atoms with van der Waals surface area (Å²) in [6.45, 7) is 3.69. The minimum atomic E-state index is -0.565. The third-order valence-corrected chi connectivity index (χ3v) is 8.41. The number of hydrogen-bond donors (Lipinski definition) is 2. The molecule has 0 radical (unpaired) electrons. The number of likely N-dealkylation sites (tertiary alicyclic amines) is 1. The lowest BCUT2D eigenvalue weighted by atomic mass is 9.90. The summed E-state index contributed by atoms with van der Waals surface area (Å²) in [5.41, 5.74) is 3.02. The fraction of sp³-hybridized carbons (Fsp3) is 0.481. The van der Waals surface area contributed by atoms with Gasteiger partial charge >= 0.3 is 0 Å². The van der Waals surface area contributed by atoms with Gasteiger partial charge in [0.2, 0.25) is 11.8 Å². The van der Waals surface area contributed by atoms with Crippen LogP contribution in [0.3, 0.4) is 0 Å². The van der Waals surface area contributed by atoms with Crippen molar-refractivity contribution >= 4 is 33.5 Å². The smallest absolute Gasteiger partial charge is 0.246 e. The minimum Gasteiger partial charge on any atom is -0.381 e. The lowest BCUT2D eigenvalue weighted by molar-refractivity contribution is -0.140. The van der Waals surface area contributed by atoms with Crippen molar-refractivity contribution in [2.24, 2.45) is 5.92 Å². The average molecular weight is 508 g/mol. The normalized spacial score (nSPS) is 20.4. The highest BCUT2D eigenvalue weighted by atomic mass is 32.1. The van der Waals surface area contributed by atoms with Crippen molar-refractivity contribution in [2.75, 3.05) is 26.8 Å². The van der Waals surface area contributed by atoms with Crippen LogP contribution in [0.25, 0.3) is 21.5 Å². The summed E-state index contributed by atoms with van der Waals surface area (Å²) in [4.78, 5) is 39.2. The maximum atomic E-state index is 14.0. The zero-order valence-electron chi connectivity index (χ0n) is 20.8. The van der Waals surface area contributed by atoms with E-state index < -0.39 is 6.04 Å². The van der Waals surface area contributed by atoms with Crippen molar-refractivity contribution in [3.05, 3.63) is 47.6 Å². The molecule has 0 bridgehead atoms. The van der Waals surface area contributed by atoms with Gasteiger partial charge in [-0.1, -0.05) is 41.7 Å². The maximum Gasteiger partial charge on any atom is 0.246 e. The number of ether oxygens (including phenoxy) is 1. The lowest BCUT2D eigenvalue weighted by Gasteiger charge is -2.35. The summed E-state index contributed by atoms with van der Waals surface area (Å²) < 4.78 is 5.54. The molecule has 8 nitrogen and oxygen atoms in total. The van der Waals surface area contributed by atoms with Crippen LogP contribution >= 0.6 is 11.3 Å². The molecule has 0 spiro atoms. The molecule has 36 heavy (non-hydrogen) atoms. The van der Waals surface area contributed by atoms with E-state index in [1.807, 2.05) is 35.4 Å². The van der Waals surface area contributed by atoms with Crippen LogP contribution in [0.1, 0.15) is 43.7 Å². The predicted octanol–water partition coefficient (Wildman–Crippen LogP) is 3.54. The largest absolute Gasteiger partial charge is 0.381 e. The average Bonchev–Trinajstić information content (AvgIpc) is 3.59. The summed E-state index contributed by atoms with van der Waals surface area (Å²) in [7, 11) is 1.75. The van der Waals surface area contributed by atoms with Gasteiger partial charge in [-0.05, 0) is 57.2 Å². The Morgan fingerprint density at radius 2 is 1.92 bits per heavy atom. The number of nitrogens with zero attached hydrogens (tertiary/aromatic N) is 3. The molecule has 2 aromatic heterocycles. The highest BCUT2D eigenvalue weighted by Crippen LogP contribution is 2.39. The van der Waals surface area contributed by atoms with Crippen molar-refractivity contribution in [1.82, 2.24) is 25.5 Å². The van der Waals surface area contributed by atoms with Crippen LogP contribution in [0.2, 0.25) is 0 Å². The summed E-state index contributed by atoms with van der Waals surface area (Å²) in [5, 5.41) is 6.95. The summed E-state index contributed by atoms with van der Waals surface area (Å²) in [6, 6.07) is 11.1. The Labute approximate surface area is 215 Å². The number of carbonyl (C=O) groups excluding carboxylic acids is 2. The van der Waals surface area contributed by atoms with Crippen LogP contribution in [-0.4, -0.2) is 65.6 Å². The first-order chi connectivity index (χ1) is 17.6. The van der Waals surface area contributed by atoms with E-state index in [1.54, 1.807) is 25.3 Å². The zero-order chi connectivity index (χ0) is 25.1. The first kappa shape index (κ1) is 24.8. The minimum absolute atomic E-state index is 0.0171. The van der Waals surface area contributed by atoms with Crippen LogP contribution in [0.15, 0.2) is 42.6 Å². The molecule has 5 rings (SSSR count). The Morgan fingerprint density at radius 1 is 1.14 bits per heavy atom. The molecule has 9 heteroatoms. The molecule has 2 aliphatic heterocycles. The number of thiazole rings is 1. The SMILES string of the molecule is CN[C@@H](C)C(=O)N[C@H](C(=O)N1CCC[C@H]1c1nc2c(-c3ccccc3)ccnc2s1)C1CCOCC1. The molecule has 1 aromatic carbocycles. The van der Waals surface area contributed by atoms with Gasteiger partial charge in [-0.3, -0.25) is 9.59 Å². The second-order valence-electron chi connectivity index (χ2n) is 9.57. The topological polar surface area (TPSA) is 96.5 Å². The van der Waals surface area contributed by atoms with Gasteiger partial charge in [-0.25, -0.2) is 9.97 Å². The number of amides is 2. The number of carbonyl (C=O) groups is 2. The molecular weight excluding hydrogens is 474 g/mol. The van der Waals surface area contributed by atoms with Crippen LogP contribution in [0, 0.1) is 5.92 Å². The Balaban J connectivity index is 1.44. The molecule has 0 unspecified atom stereocenters. The van der Waals surface area contributed by atoms with E-state index in [0.717, 1.165) is 52.2 Å². The molecule has 2 saturated heterocycles. The van der Waals surface area contributed by atoms with Crippen molar-refractivity contribution in [2.45, 2.75) is 50.7 Å². The second-order valence-corrected chi connectivity index (χ2v) is 10.6. The highest BCUT2D eigenvalue weighted by molar-refractivity contribution is 7.18. The van der Waals surface area contributed by atoms with Crippen molar-refractivity contribution in [3.63, 3.8) is 0 Å². The first-order valence-electron chi connectivity index (χ1n) is 12.7. The summed E-state index contributed by atoms with van der Waals surface area (Å²) in [5.74, 6) is -0.117. The molecule has 3 atom stereocenters. The van der Waals surface area contributed by atoms with E-state index in [-0.39, 0.29) is 29.8 Å². The van der Waals surface area contributed by atoms with Crippen molar-refractivity contribution in [1.29, 1.82) is 0 Å². The number of hydrogen-bond acceptors (Lipinski definition) is 7. The van der Waals surface area contributed by atoms with E-state index in [2.05, 4.69) is 27.8 Å². The van der Waals surface area contributed by atoms with E-state index in [4.69, 9.17) is 9.72 Å². The molecule has 0 aliphatic carbocycles. The van der Waals surface area contributed by atoms with Crippen LogP contribution in [-0.2, 0) is 14.3 Å². The van der Waals surface area contributed by atoms with E-state index in [0.29, 0.717) is 19.8 Å². The number of nitrogens with one attached hydrogen (secondary N) is 2. The van der Waals surface area contributed by atoms with Crippen molar-refractivity contribution < 1.29 is 14.3 Å². The fourth-order valence-electron chi connectivity index (χ4n) is 5.15. The zero-order valence-corrected chi connectivity index (χ0v) is 21.6. The summed E-state index contributed by atoms with van der Waals surface area (Å²) >= 11 is 1.56. The fourth-order valence-corrected chi connectivity index (χ4v) is 6.23. The molecule has 2 fully saturated rings. The van der Waals surface area contributed by atoms with Crippen LogP contribution in [0.4, 0.5) is 0 Å². The standard InChI is InChI=1S/C27H33N5O3S/c1-17(28-2)24(33)30-22(19-11-15-35-16-12-19)27(34)32-14-6-9-21(32)25-31-23-20(10-13-29-26(23)36-25)18-7-4-3-5-8-18/h3-5,7-8,10,13,17,19,21-22,28H,6,9,11-12,14-16H2,1-2H3,(H,30,33)/t17-,21-,22-/m0/s1. The quantitative estimate of drug-likeness (QED) is 0.508. The summed E-state index contributed by atoms with van der Waals surface area (Å²) in [6.07, 6.45) is 5.10. The number of benzene rings is 1. The Morgan fingerprint density at radius 3 is 2.67 bits per heavy atom.